The largest absolute Gasteiger partial charge is 0.250 e. The number of hydrogen-bond donors (Lipinski definition) is 1. The van der Waals surface area contributed by atoms with Crippen molar-refractivity contribution in [3.63, 3.8) is 0 Å². The molecular formula is C10H9Br2NO2S3. The Hall–Kier alpha value is 0.270. The number of aryl methyl sites for hydroxylation is 1. The first-order valence-corrected chi connectivity index (χ1v) is 9.64. The van der Waals surface area contributed by atoms with Gasteiger partial charge in [0.25, 0.3) is 0 Å². The van der Waals surface area contributed by atoms with Gasteiger partial charge in [0, 0.05) is 15.9 Å². The normalized spacial score (nSPS) is 11.9. The summed E-state index contributed by atoms with van der Waals surface area (Å²) in [5.41, 5.74) is 0.928. The molecule has 0 aliphatic rings. The number of thiophene rings is 2. The van der Waals surface area contributed by atoms with E-state index in [1.54, 1.807) is 6.07 Å². The standard InChI is InChI=1S/C10H9Br2NO2S3/c1-6-4-9(17-10(6)12)18(14,15)13-5-8-7(11)2-3-16-8/h2-4,13H,5H2,1H3. The predicted molar refractivity (Wildman–Crippen MR) is 82.8 cm³/mol. The highest BCUT2D eigenvalue weighted by atomic mass is 79.9. The minimum atomic E-state index is -3.43. The van der Waals surface area contributed by atoms with Crippen molar-refractivity contribution in [1.29, 1.82) is 0 Å². The van der Waals surface area contributed by atoms with Crippen LogP contribution in [0.4, 0.5) is 0 Å². The summed E-state index contributed by atoms with van der Waals surface area (Å²) in [5.74, 6) is 0. The first-order valence-electron chi connectivity index (χ1n) is 4.87. The summed E-state index contributed by atoms with van der Waals surface area (Å²) in [6, 6.07) is 3.57. The van der Waals surface area contributed by atoms with Crippen LogP contribution in [-0.4, -0.2) is 8.42 Å². The van der Waals surface area contributed by atoms with Gasteiger partial charge < -0.3 is 0 Å². The van der Waals surface area contributed by atoms with Crippen molar-refractivity contribution in [2.75, 3.05) is 0 Å². The summed E-state index contributed by atoms with van der Waals surface area (Å²) in [6.07, 6.45) is 0. The molecule has 0 bridgehead atoms. The lowest BCUT2D eigenvalue weighted by Crippen LogP contribution is -2.22. The van der Waals surface area contributed by atoms with Crippen molar-refractivity contribution in [3.05, 3.63) is 36.2 Å². The summed E-state index contributed by atoms with van der Waals surface area (Å²) in [4.78, 5) is 0.964. The van der Waals surface area contributed by atoms with Gasteiger partial charge in [-0.2, -0.15) is 0 Å². The lowest BCUT2D eigenvalue weighted by molar-refractivity contribution is 0.584. The van der Waals surface area contributed by atoms with E-state index in [9.17, 15) is 8.42 Å². The molecule has 0 aliphatic heterocycles. The van der Waals surface area contributed by atoms with Gasteiger partial charge in [-0.05, 0) is 61.9 Å². The molecule has 2 rings (SSSR count). The van der Waals surface area contributed by atoms with E-state index in [4.69, 9.17) is 0 Å². The highest BCUT2D eigenvalue weighted by Crippen LogP contribution is 2.30. The number of rotatable bonds is 4. The molecule has 0 saturated carbocycles. The molecular weight excluding hydrogens is 422 g/mol. The number of nitrogens with one attached hydrogen (secondary N) is 1. The van der Waals surface area contributed by atoms with E-state index in [1.165, 1.54) is 22.7 Å². The number of hydrogen-bond acceptors (Lipinski definition) is 4. The average molecular weight is 431 g/mol. The SMILES string of the molecule is Cc1cc(S(=O)(=O)NCc2sccc2Br)sc1Br. The van der Waals surface area contributed by atoms with E-state index in [1.807, 2.05) is 18.4 Å². The molecule has 0 radical (unpaired) electrons. The molecule has 0 aliphatic carbocycles. The zero-order valence-electron chi connectivity index (χ0n) is 9.24. The van der Waals surface area contributed by atoms with E-state index in [2.05, 4.69) is 36.6 Å². The highest BCUT2D eigenvalue weighted by Gasteiger charge is 2.18. The molecule has 98 valence electrons. The maximum Gasteiger partial charge on any atom is 0.250 e. The molecule has 18 heavy (non-hydrogen) atoms. The van der Waals surface area contributed by atoms with Crippen molar-refractivity contribution in [3.8, 4) is 0 Å². The Morgan fingerprint density at radius 3 is 2.61 bits per heavy atom. The second kappa shape index (κ2) is 5.72. The van der Waals surface area contributed by atoms with E-state index in [0.717, 1.165) is 18.7 Å². The van der Waals surface area contributed by atoms with Crippen LogP contribution in [0.1, 0.15) is 10.4 Å². The molecule has 0 unspecified atom stereocenters. The van der Waals surface area contributed by atoms with Gasteiger partial charge >= 0.3 is 0 Å². The van der Waals surface area contributed by atoms with E-state index >= 15 is 0 Å². The minimum Gasteiger partial charge on any atom is -0.206 e. The van der Waals surface area contributed by atoms with Gasteiger partial charge in [-0.25, -0.2) is 13.1 Å². The fourth-order valence-corrected chi connectivity index (χ4v) is 6.04. The first-order chi connectivity index (χ1) is 8.40. The lowest BCUT2D eigenvalue weighted by atomic mass is 10.4. The van der Waals surface area contributed by atoms with Crippen molar-refractivity contribution < 1.29 is 8.42 Å². The van der Waals surface area contributed by atoms with Crippen molar-refractivity contribution in [1.82, 2.24) is 4.72 Å². The molecule has 0 aromatic carbocycles. The Morgan fingerprint density at radius 2 is 2.11 bits per heavy atom. The van der Waals surface area contributed by atoms with Crippen molar-refractivity contribution >= 4 is 64.6 Å². The van der Waals surface area contributed by atoms with Crippen LogP contribution in [0, 0.1) is 6.92 Å². The van der Waals surface area contributed by atoms with Crippen LogP contribution in [0.2, 0.25) is 0 Å². The van der Waals surface area contributed by atoms with Crippen molar-refractivity contribution in [2.45, 2.75) is 17.7 Å². The van der Waals surface area contributed by atoms with E-state index in [-0.39, 0.29) is 0 Å². The quantitative estimate of drug-likeness (QED) is 0.792. The summed E-state index contributed by atoms with van der Waals surface area (Å²) >= 11 is 9.44. The average Bonchev–Trinajstić information content (AvgIpc) is 2.84. The smallest absolute Gasteiger partial charge is 0.206 e. The van der Waals surface area contributed by atoms with Crippen LogP contribution in [-0.2, 0) is 16.6 Å². The van der Waals surface area contributed by atoms with Gasteiger partial charge in [0.15, 0.2) is 0 Å². The Morgan fingerprint density at radius 1 is 1.39 bits per heavy atom. The third-order valence-electron chi connectivity index (χ3n) is 2.21. The Labute approximate surface area is 131 Å². The van der Waals surface area contributed by atoms with Crippen LogP contribution in [0.3, 0.4) is 0 Å². The maximum atomic E-state index is 12.1. The zero-order valence-corrected chi connectivity index (χ0v) is 14.9. The molecule has 0 fully saturated rings. The number of sulfonamides is 1. The van der Waals surface area contributed by atoms with Crippen LogP contribution in [0.5, 0.6) is 0 Å². The molecule has 3 nitrogen and oxygen atoms in total. The van der Waals surface area contributed by atoms with Crippen LogP contribution in [0.15, 0.2) is 30.0 Å². The van der Waals surface area contributed by atoms with Crippen molar-refractivity contribution in [2.24, 2.45) is 0 Å². The molecule has 2 aromatic heterocycles. The van der Waals surface area contributed by atoms with Gasteiger partial charge in [0.2, 0.25) is 10.0 Å². The van der Waals surface area contributed by atoms with Gasteiger partial charge in [0.05, 0.1) is 3.79 Å². The molecule has 0 atom stereocenters. The third-order valence-corrected chi connectivity index (χ3v) is 8.15. The van der Waals surface area contributed by atoms with Gasteiger partial charge in [-0.3, -0.25) is 0 Å². The van der Waals surface area contributed by atoms with E-state index in [0.29, 0.717) is 10.8 Å². The Bertz CT molecular complexity index is 641. The summed E-state index contributed by atoms with van der Waals surface area (Å²) in [6.45, 7) is 2.17. The van der Waals surface area contributed by atoms with Gasteiger partial charge in [0.1, 0.15) is 4.21 Å². The summed E-state index contributed by atoms with van der Waals surface area (Å²) in [5, 5.41) is 1.92. The topological polar surface area (TPSA) is 46.2 Å². The second-order valence-corrected chi connectivity index (χ2v) is 9.76. The molecule has 1 N–H and O–H groups in total. The molecule has 2 heterocycles. The Kier molecular flexibility index (Phi) is 4.66. The monoisotopic (exact) mass is 429 g/mol. The number of halogens is 2. The third kappa shape index (κ3) is 3.23. The molecule has 0 spiro atoms. The second-order valence-electron chi connectivity index (χ2n) is 3.54. The first kappa shape index (κ1) is 14.7. The summed E-state index contributed by atoms with van der Waals surface area (Å²) in [7, 11) is -3.43. The highest BCUT2D eigenvalue weighted by molar-refractivity contribution is 9.11. The van der Waals surface area contributed by atoms with Gasteiger partial charge in [-0.1, -0.05) is 0 Å². The Balaban J connectivity index is 2.15. The van der Waals surface area contributed by atoms with E-state index < -0.39 is 10.0 Å². The molecule has 8 heteroatoms. The predicted octanol–water partition coefficient (Wildman–Crippen LogP) is 4.12. The lowest BCUT2D eigenvalue weighted by Gasteiger charge is -2.03. The molecule has 0 amide bonds. The van der Waals surface area contributed by atoms with Crippen LogP contribution >= 0.6 is 54.5 Å². The maximum absolute atomic E-state index is 12.1. The fourth-order valence-electron chi connectivity index (χ4n) is 1.25. The van der Waals surface area contributed by atoms with Gasteiger partial charge in [-0.15, -0.1) is 22.7 Å². The van der Waals surface area contributed by atoms with Crippen LogP contribution in [0.25, 0.3) is 0 Å². The molecule has 2 aromatic rings. The summed E-state index contributed by atoms with van der Waals surface area (Å²) < 4.78 is 28.9. The zero-order chi connectivity index (χ0) is 13.3. The van der Waals surface area contributed by atoms with Crippen LogP contribution < -0.4 is 4.72 Å². The molecule has 0 saturated heterocycles. The minimum absolute atomic E-state index is 0.301. The fraction of sp³-hybridized carbons (Fsp3) is 0.200.